The number of allylic oxidation sites excluding steroid dienone is 2. The number of aliphatic hydroxyl groups excluding tert-OH is 1. The van der Waals surface area contributed by atoms with Crippen LogP contribution in [0.2, 0.25) is 0 Å². The number of fused-ring (bicyclic) bond motifs is 5. The first kappa shape index (κ1) is 17.4. The van der Waals surface area contributed by atoms with Crippen molar-refractivity contribution in [1.29, 1.82) is 0 Å². The molecule has 2 aliphatic carbocycles. The number of piperidine rings is 1. The molecule has 1 saturated carbocycles. The van der Waals surface area contributed by atoms with E-state index in [-0.39, 0.29) is 53.0 Å². The zero-order valence-electron chi connectivity index (χ0n) is 15.2. The number of aliphatic hydroxyl groups is 1. The number of benzene rings is 1. The molecule has 2 bridgehead atoms. The highest BCUT2D eigenvalue weighted by Crippen LogP contribution is 2.53. The second kappa shape index (κ2) is 6.13. The molecule has 5 rings (SSSR count). The Hall–Kier alpha value is -2.74. The Kier molecular flexibility index (Phi) is 3.80. The predicted octanol–water partition coefficient (Wildman–Crippen LogP) is 1.87. The van der Waals surface area contributed by atoms with E-state index in [4.69, 9.17) is 0 Å². The molecule has 146 valence electrons. The lowest BCUT2D eigenvalue weighted by Crippen LogP contribution is -2.36. The molecule has 2 aliphatic heterocycles. The molecule has 0 aromatic heterocycles. The summed E-state index contributed by atoms with van der Waals surface area (Å²) in [6, 6.07) is 4.58. The van der Waals surface area contributed by atoms with Crippen LogP contribution in [0.25, 0.3) is 0 Å². The van der Waals surface area contributed by atoms with Crippen molar-refractivity contribution in [2.75, 3.05) is 22.9 Å². The summed E-state index contributed by atoms with van der Waals surface area (Å²) >= 11 is 0. The molecular weight excluding hydrogens is 362 g/mol. The summed E-state index contributed by atoms with van der Waals surface area (Å²) in [4.78, 5) is 40.2. The van der Waals surface area contributed by atoms with E-state index in [1.54, 1.807) is 12.1 Å². The number of hydrogen-bond donors (Lipinski definition) is 1. The molecule has 2 saturated heterocycles. The van der Waals surface area contributed by atoms with Gasteiger partial charge in [-0.15, -0.1) is 0 Å². The van der Waals surface area contributed by atoms with Crippen LogP contribution in [0.5, 0.6) is 0 Å². The first-order valence-electron chi connectivity index (χ1n) is 9.73. The quantitative estimate of drug-likeness (QED) is 0.370. The monoisotopic (exact) mass is 383 g/mol. The molecule has 2 amide bonds. The Morgan fingerprint density at radius 2 is 1.64 bits per heavy atom. The third-order valence-electron chi connectivity index (χ3n) is 6.69. The number of nitrogens with zero attached hydrogens (tertiary/aromatic N) is 3. The lowest BCUT2D eigenvalue weighted by molar-refractivity contribution is -0.384. The number of hydrogen-bond acceptors (Lipinski definition) is 6. The second-order valence-corrected chi connectivity index (χ2v) is 8.16. The number of nitro benzene ring substituents is 1. The van der Waals surface area contributed by atoms with Gasteiger partial charge in [0.25, 0.3) is 5.69 Å². The maximum absolute atomic E-state index is 13.0. The highest BCUT2D eigenvalue weighted by Gasteiger charge is 2.59. The number of nitro groups is 1. The van der Waals surface area contributed by atoms with Crippen LogP contribution in [-0.2, 0) is 9.59 Å². The number of carbonyl (C=O) groups is 2. The summed E-state index contributed by atoms with van der Waals surface area (Å²) < 4.78 is 0. The average molecular weight is 383 g/mol. The Morgan fingerprint density at radius 3 is 2.21 bits per heavy atom. The lowest BCUT2D eigenvalue weighted by atomic mass is 9.85. The minimum atomic E-state index is -0.471. The van der Waals surface area contributed by atoms with Gasteiger partial charge in [-0.2, -0.15) is 0 Å². The fraction of sp³-hybridized carbons (Fsp3) is 0.500. The van der Waals surface area contributed by atoms with Crippen molar-refractivity contribution < 1.29 is 19.6 Å². The summed E-state index contributed by atoms with van der Waals surface area (Å²) in [5.41, 5.74) is 0.616. The van der Waals surface area contributed by atoms with E-state index in [2.05, 4.69) is 0 Å². The largest absolute Gasteiger partial charge is 0.393 e. The summed E-state index contributed by atoms with van der Waals surface area (Å²) in [7, 11) is 0. The van der Waals surface area contributed by atoms with Crippen molar-refractivity contribution in [3.8, 4) is 0 Å². The van der Waals surface area contributed by atoms with Gasteiger partial charge in [-0.1, -0.05) is 12.2 Å². The standard InChI is InChI=1S/C20H21N3O5/c24-14-5-7-21(8-6-14)15-4-3-13(10-16(15)23(27)28)22-19(25)17-11-1-2-12(9-11)18(17)20(22)26/h1-4,10-12,14,17-18,24H,5-9H2/t11-,12-,17-,18-/m0/s1. The third-order valence-corrected chi connectivity index (χ3v) is 6.69. The molecule has 8 heteroatoms. The van der Waals surface area contributed by atoms with E-state index >= 15 is 0 Å². The van der Waals surface area contributed by atoms with Crippen LogP contribution in [0.4, 0.5) is 17.1 Å². The van der Waals surface area contributed by atoms with Gasteiger partial charge in [-0.05, 0) is 43.2 Å². The van der Waals surface area contributed by atoms with Gasteiger partial charge < -0.3 is 10.0 Å². The van der Waals surface area contributed by atoms with E-state index < -0.39 is 4.92 Å². The van der Waals surface area contributed by atoms with E-state index in [0.29, 0.717) is 31.6 Å². The fourth-order valence-electron chi connectivity index (χ4n) is 5.33. The molecule has 1 aromatic carbocycles. The molecule has 0 spiro atoms. The van der Waals surface area contributed by atoms with Crippen molar-refractivity contribution in [2.45, 2.75) is 25.4 Å². The van der Waals surface area contributed by atoms with Crippen LogP contribution in [-0.4, -0.2) is 41.0 Å². The lowest BCUT2D eigenvalue weighted by Gasteiger charge is -2.31. The smallest absolute Gasteiger partial charge is 0.294 e. The highest BCUT2D eigenvalue weighted by molar-refractivity contribution is 6.23. The van der Waals surface area contributed by atoms with Crippen LogP contribution in [0.1, 0.15) is 19.3 Å². The van der Waals surface area contributed by atoms with Gasteiger partial charge in [0.1, 0.15) is 5.69 Å². The summed E-state index contributed by atoms with van der Waals surface area (Å²) in [5, 5.41) is 21.4. The molecule has 1 aromatic rings. The van der Waals surface area contributed by atoms with Gasteiger partial charge in [0, 0.05) is 19.2 Å². The first-order chi connectivity index (χ1) is 13.5. The summed E-state index contributed by atoms with van der Waals surface area (Å²) in [6.45, 7) is 1.06. The minimum Gasteiger partial charge on any atom is -0.393 e. The van der Waals surface area contributed by atoms with Crippen LogP contribution < -0.4 is 9.80 Å². The normalized spacial score (nSPS) is 31.8. The van der Waals surface area contributed by atoms with Crippen LogP contribution in [0.3, 0.4) is 0 Å². The Balaban J connectivity index is 1.48. The fourth-order valence-corrected chi connectivity index (χ4v) is 5.33. The van der Waals surface area contributed by atoms with Gasteiger partial charge in [0.2, 0.25) is 11.8 Å². The minimum absolute atomic E-state index is 0.102. The Bertz CT molecular complexity index is 875. The molecule has 8 nitrogen and oxygen atoms in total. The van der Waals surface area contributed by atoms with Crippen LogP contribution >= 0.6 is 0 Å². The second-order valence-electron chi connectivity index (χ2n) is 8.16. The molecule has 28 heavy (non-hydrogen) atoms. The van der Waals surface area contributed by atoms with Crippen molar-refractivity contribution in [1.82, 2.24) is 0 Å². The zero-order valence-corrected chi connectivity index (χ0v) is 15.2. The molecular formula is C20H21N3O5. The Morgan fingerprint density at radius 1 is 1.04 bits per heavy atom. The molecule has 4 atom stereocenters. The summed E-state index contributed by atoms with van der Waals surface area (Å²) in [6.07, 6.45) is 5.63. The number of imide groups is 1. The highest BCUT2D eigenvalue weighted by atomic mass is 16.6. The first-order valence-corrected chi connectivity index (χ1v) is 9.73. The van der Waals surface area contributed by atoms with Crippen LogP contribution in [0, 0.1) is 33.8 Å². The van der Waals surface area contributed by atoms with E-state index in [9.17, 15) is 24.8 Å². The topological polar surface area (TPSA) is 104 Å². The molecule has 2 heterocycles. The van der Waals surface area contributed by atoms with Gasteiger partial charge in [-0.3, -0.25) is 19.7 Å². The van der Waals surface area contributed by atoms with E-state index in [0.717, 1.165) is 11.3 Å². The van der Waals surface area contributed by atoms with Gasteiger partial charge in [0.15, 0.2) is 0 Å². The molecule has 0 radical (unpaired) electrons. The number of rotatable bonds is 3. The van der Waals surface area contributed by atoms with Gasteiger partial charge in [0.05, 0.1) is 28.6 Å². The molecule has 4 aliphatic rings. The molecule has 3 fully saturated rings. The van der Waals surface area contributed by atoms with E-state index in [1.165, 1.54) is 6.07 Å². The Labute approximate surface area is 161 Å². The summed E-state index contributed by atoms with van der Waals surface area (Å²) in [5.74, 6) is -0.935. The van der Waals surface area contributed by atoms with Crippen molar-refractivity contribution in [2.24, 2.45) is 23.7 Å². The molecule has 0 unspecified atom stereocenters. The number of amides is 2. The maximum atomic E-state index is 13.0. The van der Waals surface area contributed by atoms with Crippen molar-refractivity contribution >= 4 is 28.9 Å². The van der Waals surface area contributed by atoms with E-state index in [1.807, 2.05) is 17.1 Å². The predicted molar refractivity (Wildman–Crippen MR) is 101 cm³/mol. The molecule has 1 N–H and O–H groups in total. The van der Waals surface area contributed by atoms with Crippen molar-refractivity contribution in [3.63, 3.8) is 0 Å². The number of carbonyl (C=O) groups excluding carboxylic acids is 2. The third kappa shape index (κ3) is 2.40. The van der Waals surface area contributed by atoms with Gasteiger partial charge in [-0.25, -0.2) is 4.90 Å². The zero-order chi connectivity index (χ0) is 19.6. The van der Waals surface area contributed by atoms with Crippen molar-refractivity contribution in [3.05, 3.63) is 40.5 Å². The van der Waals surface area contributed by atoms with Crippen LogP contribution in [0.15, 0.2) is 30.4 Å². The SMILES string of the molecule is O=C1[C@@H]2[C@@H](C(=O)N1c1ccc(N3CCC(O)CC3)c([N+](=O)[O-])c1)[C@H]1C=C[C@H]2C1. The number of anilines is 2. The average Bonchev–Trinajstić information content (AvgIpc) is 3.36. The maximum Gasteiger partial charge on any atom is 0.294 e. The van der Waals surface area contributed by atoms with Gasteiger partial charge >= 0.3 is 0 Å².